The highest BCUT2D eigenvalue weighted by Gasteiger charge is 2.17. The number of anilines is 1. The highest BCUT2D eigenvalue weighted by molar-refractivity contribution is 6.32. The molecule has 1 fully saturated rings. The van der Waals surface area contributed by atoms with E-state index in [9.17, 15) is 4.79 Å². The van der Waals surface area contributed by atoms with Gasteiger partial charge in [0.1, 0.15) is 11.0 Å². The van der Waals surface area contributed by atoms with Crippen LogP contribution in [0.3, 0.4) is 0 Å². The summed E-state index contributed by atoms with van der Waals surface area (Å²) < 4.78 is 0. The van der Waals surface area contributed by atoms with Gasteiger partial charge in [0.15, 0.2) is 0 Å². The Morgan fingerprint density at radius 2 is 1.94 bits per heavy atom. The molecule has 2 rings (SSSR count). The molecule has 1 aromatic rings. The summed E-state index contributed by atoms with van der Waals surface area (Å²) in [7, 11) is 3.41. The molecule has 0 aliphatic carbocycles. The van der Waals surface area contributed by atoms with Gasteiger partial charge < -0.3 is 9.80 Å². The Kier molecular flexibility index (Phi) is 4.07. The Morgan fingerprint density at radius 1 is 1.28 bits per heavy atom. The van der Waals surface area contributed by atoms with Gasteiger partial charge in [-0.1, -0.05) is 11.6 Å². The quantitative estimate of drug-likeness (QED) is 0.772. The molecule has 0 saturated carbocycles. The van der Waals surface area contributed by atoms with E-state index in [1.807, 2.05) is 6.07 Å². The van der Waals surface area contributed by atoms with Crippen LogP contribution in [-0.2, 0) is 0 Å². The van der Waals surface area contributed by atoms with Gasteiger partial charge in [-0.15, -0.1) is 0 Å². The molecule has 0 unspecified atom stereocenters. The van der Waals surface area contributed by atoms with Gasteiger partial charge in [0.25, 0.3) is 5.91 Å². The fourth-order valence-electron chi connectivity index (χ4n) is 2.12. The zero-order chi connectivity index (χ0) is 13.1. The van der Waals surface area contributed by atoms with Crippen LogP contribution in [-0.4, -0.2) is 43.0 Å². The van der Waals surface area contributed by atoms with Crippen molar-refractivity contribution in [1.29, 1.82) is 0 Å². The summed E-state index contributed by atoms with van der Waals surface area (Å²) in [5, 5.41) is 0.289. The van der Waals surface area contributed by atoms with E-state index in [-0.39, 0.29) is 11.1 Å². The molecule has 0 atom stereocenters. The van der Waals surface area contributed by atoms with Gasteiger partial charge in [-0.3, -0.25) is 4.79 Å². The van der Waals surface area contributed by atoms with Gasteiger partial charge in [-0.05, 0) is 31.4 Å². The van der Waals surface area contributed by atoms with Crippen molar-refractivity contribution < 1.29 is 4.79 Å². The molecule has 0 spiro atoms. The van der Waals surface area contributed by atoms with Crippen LogP contribution in [0.1, 0.15) is 29.6 Å². The van der Waals surface area contributed by atoms with Gasteiger partial charge >= 0.3 is 0 Å². The lowest BCUT2D eigenvalue weighted by Crippen LogP contribution is -2.30. The molecular weight excluding hydrogens is 250 g/mol. The summed E-state index contributed by atoms with van der Waals surface area (Å²) in [6, 6.07) is 3.65. The number of hydrogen-bond donors (Lipinski definition) is 0. The van der Waals surface area contributed by atoms with Crippen molar-refractivity contribution in [3.63, 3.8) is 0 Å². The Balaban J connectivity index is 2.21. The summed E-state index contributed by atoms with van der Waals surface area (Å²) in [6.45, 7) is 2.04. The Bertz CT molecular complexity index is 442. The van der Waals surface area contributed by atoms with Crippen LogP contribution >= 0.6 is 11.6 Å². The first-order chi connectivity index (χ1) is 8.59. The number of carbonyl (C=O) groups is 1. The number of piperidine rings is 1. The minimum Gasteiger partial charge on any atom is -0.357 e. The maximum Gasteiger partial charge on any atom is 0.256 e. The van der Waals surface area contributed by atoms with Crippen LogP contribution in [0, 0.1) is 0 Å². The van der Waals surface area contributed by atoms with E-state index in [2.05, 4.69) is 9.88 Å². The predicted octanol–water partition coefficient (Wildman–Crippen LogP) is 2.43. The molecule has 5 heteroatoms. The van der Waals surface area contributed by atoms with Crippen molar-refractivity contribution in [3.8, 4) is 0 Å². The predicted molar refractivity (Wildman–Crippen MR) is 73.3 cm³/mol. The normalized spacial score (nSPS) is 15.6. The minimum atomic E-state index is -0.113. The second-order valence-corrected chi connectivity index (χ2v) is 5.11. The summed E-state index contributed by atoms with van der Waals surface area (Å²) in [4.78, 5) is 19.9. The van der Waals surface area contributed by atoms with Crippen molar-refractivity contribution in [2.24, 2.45) is 0 Å². The number of nitrogens with zero attached hydrogens (tertiary/aromatic N) is 3. The van der Waals surface area contributed by atoms with E-state index in [0.717, 1.165) is 18.9 Å². The molecule has 0 bridgehead atoms. The van der Waals surface area contributed by atoms with Gasteiger partial charge in [-0.2, -0.15) is 0 Å². The monoisotopic (exact) mass is 267 g/mol. The number of amides is 1. The molecule has 4 nitrogen and oxygen atoms in total. The Hall–Kier alpha value is -1.29. The van der Waals surface area contributed by atoms with E-state index in [1.54, 1.807) is 20.2 Å². The average Bonchev–Trinajstić information content (AvgIpc) is 2.38. The van der Waals surface area contributed by atoms with Crippen molar-refractivity contribution in [3.05, 3.63) is 22.8 Å². The van der Waals surface area contributed by atoms with E-state index in [1.165, 1.54) is 24.2 Å². The van der Waals surface area contributed by atoms with E-state index < -0.39 is 0 Å². The van der Waals surface area contributed by atoms with Gasteiger partial charge in [0.05, 0.1) is 5.56 Å². The Labute approximate surface area is 113 Å². The number of carbonyl (C=O) groups excluding carboxylic acids is 1. The van der Waals surface area contributed by atoms with Crippen molar-refractivity contribution in [2.45, 2.75) is 19.3 Å². The molecule has 1 aliphatic rings. The first kappa shape index (κ1) is 13.1. The van der Waals surface area contributed by atoms with E-state index >= 15 is 0 Å². The summed E-state index contributed by atoms with van der Waals surface area (Å²) >= 11 is 6.10. The SMILES string of the molecule is CN(C)C(=O)c1ccc(N2CCCCC2)nc1Cl. The summed E-state index contributed by atoms with van der Waals surface area (Å²) in [5.41, 5.74) is 0.461. The van der Waals surface area contributed by atoms with Crippen LogP contribution in [0.25, 0.3) is 0 Å². The fraction of sp³-hybridized carbons (Fsp3) is 0.538. The second-order valence-electron chi connectivity index (χ2n) is 4.76. The lowest BCUT2D eigenvalue weighted by atomic mass is 10.1. The number of aromatic nitrogens is 1. The van der Waals surface area contributed by atoms with Gasteiger partial charge in [-0.25, -0.2) is 4.98 Å². The van der Waals surface area contributed by atoms with Crippen LogP contribution < -0.4 is 4.90 Å². The minimum absolute atomic E-state index is 0.113. The number of rotatable bonds is 2. The topological polar surface area (TPSA) is 36.4 Å². The first-order valence-corrected chi connectivity index (χ1v) is 6.60. The number of hydrogen-bond acceptors (Lipinski definition) is 3. The van der Waals surface area contributed by atoms with Gasteiger partial charge in [0, 0.05) is 27.2 Å². The smallest absolute Gasteiger partial charge is 0.256 e. The largest absolute Gasteiger partial charge is 0.357 e. The van der Waals surface area contributed by atoms with Crippen molar-refractivity contribution in [1.82, 2.24) is 9.88 Å². The average molecular weight is 268 g/mol. The summed E-state index contributed by atoms with van der Waals surface area (Å²) in [5.74, 6) is 0.757. The van der Waals surface area contributed by atoms with Crippen molar-refractivity contribution >= 4 is 23.3 Å². The zero-order valence-corrected chi connectivity index (χ0v) is 11.6. The van der Waals surface area contributed by atoms with Crippen molar-refractivity contribution in [2.75, 3.05) is 32.1 Å². The van der Waals surface area contributed by atoms with Crippen LogP contribution in [0.4, 0.5) is 5.82 Å². The Morgan fingerprint density at radius 3 is 2.50 bits per heavy atom. The molecule has 1 aliphatic heterocycles. The van der Waals surface area contributed by atoms with Crippen LogP contribution in [0.2, 0.25) is 5.15 Å². The van der Waals surface area contributed by atoms with Crippen LogP contribution in [0.5, 0.6) is 0 Å². The third-order valence-corrected chi connectivity index (χ3v) is 3.44. The molecule has 1 aromatic heterocycles. The van der Waals surface area contributed by atoms with Crippen LogP contribution in [0.15, 0.2) is 12.1 Å². The first-order valence-electron chi connectivity index (χ1n) is 6.23. The standard InChI is InChI=1S/C13H18ClN3O/c1-16(2)13(18)10-6-7-11(15-12(10)14)17-8-4-3-5-9-17/h6-7H,3-5,8-9H2,1-2H3. The molecular formula is C13H18ClN3O. The maximum absolute atomic E-state index is 11.8. The molecule has 98 valence electrons. The lowest BCUT2D eigenvalue weighted by molar-refractivity contribution is 0.0827. The highest BCUT2D eigenvalue weighted by Crippen LogP contribution is 2.22. The molecule has 0 radical (unpaired) electrons. The zero-order valence-electron chi connectivity index (χ0n) is 10.8. The molecule has 1 saturated heterocycles. The van der Waals surface area contributed by atoms with E-state index in [4.69, 9.17) is 11.6 Å². The third-order valence-electron chi connectivity index (χ3n) is 3.15. The summed E-state index contributed by atoms with van der Waals surface area (Å²) in [6.07, 6.45) is 3.66. The molecule has 1 amide bonds. The lowest BCUT2D eigenvalue weighted by Gasteiger charge is -2.28. The molecule has 2 heterocycles. The fourth-order valence-corrected chi connectivity index (χ4v) is 2.35. The molecule has 0 N–H and O–H groups in total. The molecule has 18 heavy (non-hydrogen) atoms. The maximum atomic E-state index is 11.8. The number of halogens is 1. The highest BCUT2D eigenvalue weighted by atomic mass is 35.5. The third kappa shape index (κ3) is 2.75. The second kappa shape index (κ2) is 5.57. The van der Waals surface area contributed by atoms with Gasteiger partial charge in [0.2, 0.25) is 0 Å². The molecule has 0 aromatic carbocycles. The number of pyridine rings is 1. The van der Waals surface area contributed by atoms with E-state index in [0.29, 0.717) is 5.56 Å².